The Balaban J connectivity index is 0.000000774. The van der Waals surface area contributed by atoms with Crippen molar-refractivity contribution in [2.45, 2.75) is 37.1 Å². The minimum absolute atomic E-state index is 0.119. The van der Waals surface area contributed by atoms with Crippen molar-refractivity contribution in [2.75, 3.05) is 26.5 Å². The van der Waals surface area contributed by atoms with E-state index in [0.29, 0.717) is 5.78 Å². The molecule has 1 aromatic rings. The number of Topliss-reactive ketones (excluding diaryl/α,β-unsaturated/α-hetero) is 1. The van der Waals surface area contributed by atoms with Crippen LogP contribution in [0.1, 0.15) is 31.2 Å². The van der Waals surface area contributed by atoms with Crippen LogP contribution < -0.4 is 4.74 Å². The number of carbonyl (C=O) groups is 1. The van der Waals surface area contributed by atoms with Gasteiger partial charge in [-0.25, -0.2) is 0 Å². The van der Waals surface area contributed by atoms with Crippen LogP contribution in [0.25, 0.3) is 0 Å². The zero-order chi connectivity index (χ0) is 15.5. The number of halogens is 1. The fraction of sp³-hybridized carbons (Fsp3) is 0.588. The van der Waals surface area contributed by atoms with Gasteiger partial charge in [0, 0.05) is 0 Å². The third kappa shape index (κ3) is 2.88. The van der Waals surface area contributed by atoms with Crippen molar-refractivity contribution in [1.82, 2.24) is 4.90 Å². The number of ketones is 1. The summed E-state index contributed by atoms with van der Waals surface area (Å²) in [6, 6.07) is 8.20. The van der Waals surface area contributed by atoms with E-state index in [0.717, 1.165) is 43.5 Å². The first-order valence-electron chi connectivity index (χ1n) is 7.44. The maximum Gasteiger partial charge on any atom is 0.160 e. The Morgan fingerprint density at radius 1 is 1.33 bits per heavy atom. The number of fused-ring (bicyclic) bond motifs is 2. The second kappa shape index (κ2) is 6.93. The van der Waals surface area contributed by atoms with Gasteiger partial charge in [0.2, 0.25) is 0 Å². The molecule has 21 heavy (non-hydrogen) atoms. The number of rotatable bonds is 2. The van der Waals surface area contributed by atoms with Gasteiger partial charge in [-0.05, 0) is 62.8 Å². The Hall–Kier alpha value is -0.870. The van der Waals surface area contributed by atoms with Crippen LogP contribution in [0.4, 0.5) is 0 Å². The van der Waals surface area contributed by atoms with Crippen LogP contribution in [0.5, 0.6) is 5.75 Å². The number of benzene rings is 1. The van der Waals surface area contributed by atoms with E-state index in [2.05, 4.69) is 33.9 Å². The second-order valence-corrected chi connectivity index (χ2v) is 5.82. The van der Waals surface area contributed by atoms with Crippen LogP contribution in [0, 0.1) is 0 Å². The van der Waals surface area contributed by atoms with Gasteiger partial charge in [-0.1, -0.05) is 28.1 Å². The average molecular weight is 354 g/mol. The van der Waals surface area contributed by atoms with Gasteiger partial charge in [0.1, 0.15) is 5.75 Å². The van der Waals surface area contributed by atoms with Gasteiger partial charge in [-0.2, -0.15) is 0 Å². The molecule has 1 heterocycles. The highest BCUT2D eigenvalue weighted by molar-refractivity contribution is 9.08. The number of ether oxygens (including phenoxy) is 1. The molecule has 4 heteroatoms. The SMILES string of the molecule is CBr.COc1cccc(C23CCCN(C)C(CC2)C3=O)c1. The zero-order valence-electron chi connectivity index (χ0n) is 13.1. The Kier molecular flexibility index (Phi) is 5.44. The van der Waals surface area contributed by atoms with Crippen LogP contribution in [0.3, 0.4) is 0 Å². The highest BCUT2D eigenvalue weighted by Gasteiger charge is 2.51. The lowest BCUT2D eigenvalue weighted by Gasteiger charge is -2.27. The molecular formula is C17H24BrNO2. The number of hydrogen-bond donors (Lipinski definition) is 0. The summed E-state index contributed by atoms with van der Waals surface area (Å²) in [6.45, 7) is 1.03. The molecule has 3 rings (SSSR count). The molecule has 0 amide bonds. The van der Waals surface area contributed by atoms with Gasteiger partial charge in [-0.15, -0.1) is 0 Å². The Morgan fingerprint density at radius 2 is 2.10 bits per heavy atom. The molecule has 116 valence electrons. The smallest absolute Gasteiger partial charge is 0.160 e. The maximum absolute atomic E-state index is 12.9. The molecule has 0 radical (unpaired) electrons. The summed E-state index contributed by atoms with van der Waals surface area (Å²) >= 11 is 2.94. The molecule has 1 aliphatic carbocycles. The Morgan fingerprint density at radius 3 is 2.81 bits per heavy atom. The molecule has 2 bridgehead atoms. The quantitative estimate of drug-likeness (QED) is 0.763. The number of hydrogen-bond acceptors (Lipinski definition) is 3. The van der Waals surface area contributed by atoms with Crippen molar-refractivity contribution in [3.63, 3.8) is 0 Å². The topological polar surface area (TPSA) is 29.5 Å². The molecular weight excluding hydrogens is 330 g/mol. The summed E-state index contributed by atoms with van der Waals surface area (Å²) in [5.41, 5.74) is 0.888. The molecule has 0 aromatic heterocycles. The Bertz CT molecular complexity index is 505. The lowest BCUT2D eigenvalue weighted by Crippen LogP contribution is -2.39. The third-order valence-corrected chi connectivity index (χ3v) is 4.89. The van der Waals surface area contributed by atoms with Gasteiger partial charge >= 0.3 is 0 Å². The number of likely N-dealkylation sites (tertiary alicyclic amines) is 1. The molecule has 2 atom stereocenters. The highest BCUT2D eigenvalue weighted by Crippen LogP contribution is 2.45. The van der Waals surface area contributed by atoms with Crippen molar-refractivity contribution < 1.29 is 9.53 Å². The number of methoxy groups -OCH3 is 1. The Labute approximate surface area is 135 Å². The van der Waals surface area contributed by atoms with Crippen molar-refractivity contribution in [3.05, 3.63) is 29.8 Å². The summed E-state index contributed by atoms with van der Waals surface area (Å²) in [7, 11) is 3.76. The van der Waals surface area contributed by atoms with Crippen LogP contribution in [-0.4, -0.2) is 43.3 Å². The predicted octanol–water partition coefficient (Wildman–Crippen LogP) is 3.40. The molecule has 0 spiro atoms. The first-order chi connectivity index (χ1) is 10.2. The molecule has 2 unspecified atom stereocenters. The third-order valence-electron chi connectivity index (χ3n) is 4.89. The van der Waals surface area contributed by atoms with E-state index in [1.54, 1.807) is 7.11 Å². The number of nitrogens with zero attached hydrogens (tertiary/aromatic N) is 1. The molecule has 2 fully saturated rings. The van der Waals surface area contributed by atoms with Crippen LogP contribution in [-0.2, 0) is 10.2 Å². The zero-order valence-corrected chi connectivity index (χ0v) is 14.6. The van der Waals surface area contributed by atoms with E-state index >= 15 is 0 Å². The van der Waals surface area contributed by atoms with Gasteiger partial charge in [0.25, 0.3) is 0 Å². The summed E-state index contributed by atoms with van der Waals surface area (Å²) < 4.78 is 5.31. The second-order valence-electron chi connectivity index (χ2n) is 5.82. The van der Waals surface area contributed by atoms with E-state index in [9.17, 15) is 4.79 Å². The van der Waals surface area contributed by atoms with Crippen LogP contribution in [0.2, 0.25) is 0 Å². The first kappa shape index (κ1) is 16.5. The monoisotopic (exact) mass is 353 g/mol. The van der Waals surface area contributed by atoms with Crippen LogP contribution in [0.15, 0.2) is 24.3 Å². The molecule has 3 nitrogen and oxygen atoms in total. The normalized spacial score (nSPS) is 28.6. The average Bonchev–Trinajstić information content (AvgIpc) is 2.80. The summed E-state index contributed by atoms with van der Waals surface area (Å²) in [5.74, 6) is 3.08. The summed E-state index contributed by atoms with van der Waals surface area (Å²) in [4.78, 5) is 15.1. The molecule has 1 aliphatic heterocycles. The molecule has 1 saturated heterocycles. The van der Waals surface area contributed by atoms with E-state index in [1.165, 1.54) is 0 Å². The van der Waals surface area contributed by atoms with E-state index < -0.39 is 0 Å². The standard InChI is InChI=1S/C16H21NO2.CH3Br/c1-17-10-4-8-16(9-7-14(17)15(16)18)12-5-3-6-13(11-12)19-2;1-2/h3,5-6,11,14H,4,7-10H2,1-2H3;1H3. The maximum atomic E-state index is 12.9. The van der Waals surface area contributed by atoms with Gasteiger partial charge in [-0.3, -0.25) is 9.69 Å². The van der Waals surface area contributed by atoms with Gasteiger partial charge in [0.05, 0.1) is 18.6 Å². The molecule has 1 aromatic carbocycles. The molecule has 1 saturated carbocycles. The predicted molar refractivity (Wildman–Crippen MR) is 89.4 cm³/mol. The van der Waals surface area contributed by atoms with Crippen molar-refractivity contribution in [3.8, 4) is 5.75 Å². The summed E-state index contributed by atoms with van der Waals surface area (Å²) in [6.07, 6.45) is 4.04. The van der Waals surface area contributed by atoms with Gasteiger partial charge in [0.15, 0.2) is 5.78 Å². The lowest BCUT2D eigenvalue weighted by atomic mass is 9.74. The number of alkyl halides is 1. The summed E-state index contributed by atoms with van der Waals surface area (Å²) in [5, 5.41) is 0. The van der Waals surface area contributed by atoms with Crippen molar-refractivity contribution in [2.24, 2.45) is 0 Å². The van der Waals surface area contributed by atoms with E-state index in [4.69, 9.17) is 4.74 Å². The van der Waals surface area contributed by atoms with Crippen LogP contribution >= 0.6 is 15.9 Å². The number of carbonyl (C=O) groups excluding carboxylic acids is 1. The van der Waals surface area contributed by atoms with E-state index in [1.807, 2.05) is 24.0 Å². The fourth-order valence-electron chi connectivity index (χ4n) is 3.76. The highest BCUT2D eigenvalue weighted by atomic mass is 79.9. The molecule has 0 N–H and O–H groups in total. The van der Waals surface area contributed by atoms with Crippen molar-refractivity contribution in [1.29, 1.82) is 0 Å². The van der Waals surface area contributed by atoms with Gasteiger partial charge < -0.3 is 4.74 Å². The minimum Gasteiger partial charge on any atom is -0.497 e. The number of likely N-dealkylation sites (N-methyl/N-ethyl adjacent to an activating group) is 1. The minimum atomic E-state index is -0.260. The first-order valence-corrected chi connectivity index (χ1v) is 9.03. The largest absolute Gasteiger partial charge is 0.497 e. The van der Waals surface area contributed by atoms with E-state index in [-0.39, 0.29) is 11.5 Å². The fourth-order valence-corrected chi connectivity index (χ4v) is 3.76. The lowest BCUT2D eigenvalue weighted by molar-refractivity contribution is -0.125. The molecule has 2 aliphatic rings. The van der Waals surface area contributed by atoms with Crippen molar-refractivity contribution >= 4 is 21.7 Å².